The fourth-order valence-corrected chi connectivity index (χ4v) is 2.83. The Bertz CT molecular complexity index is 609. The standard InChI is InChI=1S/C18H24N2O4/c1-3-17(22)20-14-4-5-16(21)15(11-14)18(23)19-12(2)10-13-6-8-24-9-7-13/h3-5,11-13,21H,1,6-10H2,2H3,(H,19,23)(H,20,22). The number of hydrogen-bond donors (Lipinski definition) is 3. The van der Waals surface area contributed by atoms with Crippen molar-refractivity contribution in [2.24, 2.45) is 5.92 Å². The Balaban J connectivity index is 1.98. The van der Waals surface area contributed by atoms with Crippen LogP contribution in [0.5, 0.6) is 5.75 Å². The van der Waals surface area contributed by atoms with Crippen LogP contribution in [0.3, 0.4) is 0 Å². The molecule has 1 atom stereocenters. The fourth-order valence-electron chi connectivity index (χ4n) is 2.83. The predicted molar refractivity (Wildman–Crippen MR) is 92.0 cm³/mol. The van der Waals surface area contributed by atoms with Crippen LogP contribution in [0.25, 0.3) is 0 Å². The molecule has 0 bridgehead atoms. The molecule has 1 aliphatic heterocycles. The predicted octanol–water partition coefficient (Wildman–Crippen LogP) is 2.45. The maximum Gasteiger partial charge on any atom is 0.255 e. The van der Waals surface area contributed by atoms with E-state index >= 15 is 0 Å². The van der Waals surface area contributed by atoms with E-state index in [-0.39, 0.29) is 29.2 Å². The van der Waals surface area contributed by atoms with Gasteiger partial charge in [0.2, 0.25) is 5.91 Å². The summed E-state index contributed by atoms with van der Waals surface area (Å²) in [6.07, 6.45) is 4.04. The lowest BCUT2D eigenvalue weighted by molar-refractivity contribution is -0.111. The zero-order chi connectivity index (χ0) is 17.5. The fraction of sp³-hybridized carbons (Fsp3) is 0.444. The zero-order valence-electron chi connectivity index (χ0n) is 13.9. The van der Waals surface area contributed by atoms with Crippen molar-refractivity contribution in [3.05, 3.63) is 36.4 Å². The van der Waals surface area contributed by atoms with Crippen molar-refractivity contribution in [3.63, 3.8) is 0 Å². The van der Waals surface area contributed by atoms with Gasteiger partial charge in [0, 0.05) is 24.9 Å². The van der Waals surface area contributed by atoms with Crippen LogP contribution >= 0.6 is 0 Å². The van der Waals surface area contributed by atoms with E-state index < -0.39 is 0 Å². The van der Waals surface area contributed by atoms with E-state index in [1.54, 1.807) is 0 Å². The molecule has 1 fully saturated rings. The summed E-state index contributed by atoms with van der Waals surface area (Å²) in [5.74, 6) is -0.315. The second-order valence-corrected chi connectivity index (χ2v) is 6.09. The largest absolute Gasteiger partial charge is 0.507 e. The van der Waals surface area contributed by atoms with Gasteiger partial charge in [0.15, 0.2) is 0 Å². The van der Waals surface area contributed by atoms with E-state index in [9.17, 15) is 14.7 Å². The van der Waals surface area contributed by atoms with Crippen LogP contribution in [0.15, 0.2) is 30.9 Å². The highest BCUT2D eigenvalue weighted by molar-refractivity contribution is 6.02. The third kappa shape index (κ3) is 5.09. The number of rotatable bonds is 6. The first-order valence-electron chi connectivity index (χ1n) is 8.14. The first kappa shape index (κ1) is 18.0. The lowest BCUT2D eigenvalue weighted by Gasteiger charge is -2.25. The number of nitrogens with one attached hydrogen (secondary N) is 2. The van der Waals surface area contributed by atoms with Crippen LogP contribution in [-0.2, 0) is 9.53 Å². The van der Waals surface area contributed by atoms with Gasteiger partial charge in [-0.1, -0.05) is 6.58 Å². The molecule has 0 radical (unpaired) electrons. The van der Waals surface area contributed by atoms with Crippen molar-refractivity contribution in [2.45, 2.75) is 32.2 Å². The summed E-state index contributed by atoms with van der Waals surface area (Å²) in [6, 6.07) is 4.36. The third-order valence-corrected chi connectivity index (χ3v) is 4.10. The summed E-state index contributed by atoms with van der Waals surface area (Å²) in [4.78, 5) is 23.7. The van der Waals surface area contributed by atoms with Crippen LogP contribution in [-0.4, -0.2) is 36.2 Å². The van der Waals surface area contributed by atoms with E-state index in [4.69, 9.17) is 4.74 Å². The Morgan fingerprint density at radius 1 is 1.42 bits per heavy atom. The molecule has 0 aromatic heterocycles. The molecule has 6 nitrogen and oxygen atoms in total. The summed E-state index contributed by atoms with van der Waals surface area (Å²) in [5.41, 5.74) is 0.565. The molecule has 1 aromatic carbocycles. The van der Waals surface area contributed by atoms with E-state index in [1.807, 2.05) is 6.92 Å². The van der Waals surface area contributed by atoms with Gasteiger partial charge in [0.05, 0.1) is 5.56 Å². The molecule has 2 rings (SSSR count). The van der Waals surface area contributed by atoms with E-state index in [0.29, 0.717) is 11.6 Å². The molecule has 0 aliphatic carbocycles. The highest BCUT2D eigenvalue weighted by atomic mass is 16.5. The molecule has 130 valence electrons. The maximum absolute atomic E-state index is 12.4. The summed E-state index contributed by atoms with van der Waals surface area (Å²) in [5, 5.41) is 15.4. The molecule has 6 heteroatoms. The summed E-state index contributed by atoms with van der Waals surface area (Å²) < 4.78 is 5.34. The number of phenols is 1. The second kappa shape index (κ2) is 8.49. The summed E-state index contributed by atoms with van der Waals surface area (Å²) >= 11 is 0. The van der Waals surface area contributed by atoms with Crippen molar-refractivity contribution in [3.8, 4) is 5.75 Å². The maximum atomic E-state index is 12.4. The highest BCUT2D eigenvalue weighted by Crippen LogP contribution is 2.23. The molecule has 1 aliphatic rings. The van der Waals surface area contributed by atoms with Gasteiger partial charge >= 0.3 is 0 Å². The molecule has 1 aromatic rings. The highest BCUT2D eigenvalue weighted by Gasteiger charge is 2.20. The van der Waals surface area contributed by atoms with Gasteiger partial charge in [-0.25, -0.2) is 0 Å². The van der Waals surface area contributed by atoms with E-state index in [0.717, 1.165) is 38.6 Å². The average molecular weight is 332 g/mol. The number of carbonyl (C=O) groups is 2. The molecule has 2 amide bonds. The Labute approximate surface area is 141 Å². The normalized spacial score (nSPS) is 16.2. The lowest BCUT2D eigenvalue weighted by Crippen LogP contribution is -2.35. The SMILES string of the molecule is C=CC(=O)Nc1ccc(O)c(C(=O)NC(C)CC2CCOCC2)c1. The molecule has 0 saturated carbocycles. The van der Waals surface area contributed by atoms with Crippen LogP contribution in [0.4, 0.5) is 5.69 Å². The number of carbonyl (C=O) groups excluding carboxylic acids is 2. The van der Waals surface area contributed by atoms with Crippen molar-refractivity contribution >= 4 is 17.5 Å². The molecule has 0 spiro atoms. The molecule has 1 heterocycles. The Kier molecular flexibility index (Phi) is 6.37. The molecular weight excluding hydrogens is 308 g/mol. The minimum absolute atomic E-state index is 0.00794. The number of benzene rings is 1. The first-order valence-corrected chi connectivity index (χ1v) is 8.14. The minimum Gasteiger partial charge on any atom is -0.507 e. The van der Waals surface area contributed by atoms with Gasteiger partial charge < -0.3 is 20.5 Å². The summed E-state index contributed by atoms with van der Waals surface area (Å²) in [6.45, 7) is 6.88. The zero-order valence-corrected chi connectivity index (χ0v) is 13.9. The minimum atomic E-state index is -0.375. The van der Waals surface area contributed by atoms with Gasteiger partial charge in [-0.05, 0) is 56.4 Å². The Morgan fingerprint density at radius 2 is 2.12 bits per heavy atom. The van der Waals surface area contributed by atoms with Gasteiger partial charge in [-0.2, -0.15) is 0 Å². The number of phenolic OH excluding ortho intramolecular Hbond substituents is 1. The van der Waals surface area contributed by atoms with Gasteiger partial charge in [-0.3, -0.25) is 9.59 Å². The lowest BCUT2D eigenvalue weighted by atomic mass is 9.93. The Hall–Kier alpha value is -2.34. The molecule has 24 heavy (non-hydrogen) atoms. The van der Waals surface area contributed by atoms with Crippen molar-refractivity contribution < 1.29 is 19.4 Å². The van der Waals surface area contributed by atoms with Crippen molar-refractivity contribution in [1.82, 2.24) is 5.32 Å². The van der Waals surface area contributed by atoms with E-state index in [2.05, 4.69) is 17.2 Å². The topological polar surface area (TPSA) is 87.7 Å². The summed E-state index contributed by atoms with van der Waals surface area (Å²) in [7, 11) is 0. The smallest absolute Gasteiger partial charge is 0.255 e. The second-order valence-electron chi connectivity index (χ2n) is 6.09. The number of hydrogen-bond acceptors (Lipinski definition) is 4. The quantitative estimate of drug-likeness (QED) is 0.551. The average Bonchev–Trinajstić information content (AvgIpc) is 2.57. The Morgan fingerprint density at radius 3 is 2.79 bits per heavy atom. The molecular formula is C18H24N2O4. The van der Waals surface area contributed by atoms with Gasteiger partial charge in [-0.15, -0.1) is 0 Å². The number of anilines is 1. The number of ether oxygens (including phenoxy) is 1. The van der Waals surface area contributed by atoms with E-state index in [1.165, 1.54) is 18.2 Å². The van der Waals surface area contributed by atoms with Crippen molar-refractivity contribution in [2.75, 3.05) is 18.5 Å². The van der Waals surface area contributed by atoms with Crippen LogP contribution in [0.2, 0.25) is 0 Å². The third-order valence-electron chi connectivity index (χ3n) is 4.10. The van der Waals surface area contributed by atoms with Crippen LogP contribution in [0.1, 0.15) is 36.5 Å². The molecule has 1 unspecified atom stereocenters. The van der Waals surface area contributed by atoms with Gasteiger partial charge in [0.25, 0.3) is 5.91 Å². The monoisotopic (exact) mass is 332 g/mol. The molecule has 1 saturated heterocycles. The number of aromatic hydroxyl groups is 1. The first-order chi connectivity index (χ1) is 11.5. The van der Waals surface area contributed by atoms with Crippen molar-refractivity contribution in [1.29, 1.82) is 0 Å². The number of amides is 2. The van der Waals surface area contributed by atoms with Crippen LogP contribution in [0, 0.1) is 5.92 Å². The molecule has 3 N–H and O–H groups in total. The van der Waals surface area contributed by atoms with Crippen LogP contribution < -0.4 is 10.6 Å². The van der Waals surface area contributed by atoms with Gasteiger partial charge in [0.1, 0.15) is 5.75 Å².